The molecule has 0 bridgehead atoms. The van der Waals surface area contributed by atoms with E-state index >= 15 is 0 Å². The van der Waals surface area contributed by atoms with Crippen LogP contribution in [0.3, 0.4) is 0 Å². The average molecular weight is 313 g/mol. The lowest BCUT2D eigenvalue weighted by atomic mass is 10.1. The van der Waals surface area contributed by atoms with Crippen LogP contribution in [0.2, 0.25) is 5.02 Å². The highest BCUT2D eigenvalue weighted by molar-refractivity contribution is 6.33. The maximum Gasteiger partial charge on any atom is 0.103 e. The quantitative estimate of drug-likeness (QED) is 0.941. The molecule has 0 saturated carbocycles. The highest BCUT2D eigenvalue weighted by Crippen LogP contribution is 2.24. The Bertz CT molecular complexity index is 667. The van der Waals surface area contributed by atoms with E-state index in [4.69, 9.17) is 16.9 Å². The number of hydrogen-bond donors (Lipinski definition) is 1. The van der Waals surface area contributed by atoms with Crippen molar-refractivity contribution in [3.8, 4) is 6.07 Å². The van der Waals surface area contributed by atoms with Crippen LogP contribution in [0.15, 0.2) is 48.5 Å². The largest absolute Gasteiger partial charge is 0.359 e. The zero-order valence-electron chi connectivity index (χ0n) is 12.4. The molecule has 1 saturated heterocycles. The number of para-hydroxylation sites is 1. The summed E-state index contributed by atoms with van der Waals surface area (Å²) < 4.78 is 0. The number of piperazine rings is 1. The first-order chi connectivity index (χ1) is 10.8. The number of nitrogens with zero attached hydrogens (tertiary/aromatic N) is 2. The number of nitriles is 1. The molecule has 4 heteroatoms. The number of rotatable bonds is 3. The molecule has 0 spiro atoms. The van der Waals surface area contributed by atoms with Crippen molar-refractivity contribution in [1.29, 1.82) is 5.26 Å². The fourth-order valence-electron chi connectivity index (χ4n) is 2.93. The SMILES string of the molecule is N#Cc1ccc(C[NH+]2CCN(c3ccccc3Cl)CC2)cc1. The monoisotopic (exact) mass is 312 g/mol. The van der Waals surface area contributed by atoms with Gasteiger partial charge >= 0.3 is 0 Å². The summed E-state index contributed by atoms with van der Waals surface area (Å²) in [4.78, 5) is 3.94. The molecule has 0 aliphatic carbocycles. The summed E-state index contributed by atoms with van der Waals surface area (Å²) in [5.41, 5.74) is 3.16. The van der Waals surface area contributed by atoms with Crippen LogP contribution in [0.4, 0.5) is 5.69 Å². The topological polar surface area (TPSA) is 31.5 Å². The van der Waals surface area contributed by atoms with Gasteiger partial charge in [-0.1, -0.05) is 35.9 Å². The molecule has 2 aromatic carbocycles. The van der Waals surface area contributed by atoms with Gasteiger partial charge in [-0.2, -0.15) is 5.26 Å². The average Bonchev–Trinajstić information content (AvgIpc) is 2.57. The molecule has 112 valence electrons. The van der Waals surface area contributed by atoms with E-state index in [2.05, 4.69) is 29.2 Å². The standard InChI is InChI=1S/C18H18ClN3/c19-17-3-1-2-4-18(17)22-11-9-21(10-12-22)14-16-7-5-15(13-20)6-8-16/h1-8H,9-12,14H2/p+1. The van der Waals surface area contributed by atoms with Crippen LogP contribution in [0.5, 0.6) is 0 Å². The Labute approximate surface area is 136 Å². The van der Waals surface area contributed by atoms with Crippen LogP contribution < -0.4 is 9.80 Å². The van der Waals surface area contributed by atoms with E-state index in [1.54, 1.807) is 4.90 Å². The van der Waals surface area contributed by atoms with Gasteiger partial charge in [-0.05, 0) is 24.3 Å². The maximum absolute atomic E-state index is 8.84. The summed E-state index contributed by atoms with van der Waals surface area (Å²) >= 11 is 6.28. The fourth-order valence-corrected chi connectivity index (χ4v) is 3.19. The molecule has 1 heterocycles. The Balaban J connectivity index is 1.57. The molecule has 1 fully saturated rings. The predicted molar refractivity (Wildman–Crippen MR) is 89.2 cm³/mol. The lowest BCUT2D eigenvalue weighted by Crippen LogP contribution is -3.13. The summed E-state index contributed by atoms with van der Waals surface area (Å²) in [6, 6.07) is 18.1. The number of anilines is 1. The number of benzene rings is 2. The van der Waals surface area contributed by atoms with Crippen LogP contribution in [0.1, 0.15) is 11.1 Å². The van der Waals surface area contributed by atoms with Gasteiger partial charge < -0.3 is 9.80 Å². The Morgan fingerprint density at radius 1 is 1.05 bits per heavy atom. The molecule has 0 amide bonds. The minimum atomic E-state index is 0.724. The lowest BCUT2D eigenvalue weighted by molar-refractivity contribution is -0.914. The minimum absolute atomic E-state index is 0.724. The summed E-state index contributed by atoms with van der Waals surface area (Å²) in [6.07, 6.45) is 0. The Morgan fingerprint density at radius 3 is 2.36 bits per heavy atom. The molecule has 0 atom stereocenters. The molecule has 0 radical (unpaired) electrons. The molecule has 1 N–H and O–H groups in total. The van der Waals surface area contributed by atoms with Crippen molar-refractivity contribution in [3.63, 3.8) is 0 Å². The smallest absolute Gasteiger partial charge is 0.103 e. The van der Waals surface area contributed by atoms with Gasteiger partial charge in [-0.3, -0.25) is 0 Å². The summed E-state index contributed by atoms with van der Waals surface area (Å²) in [6.45, 7) is 5.27. The Morgan fingerprint density at radius 2 is 1.73 bits per heavy atom. The Kier molecular flexibility index (Phi) is 4.62. The number of hydrogen-bond acceptors (Lipinski definition) is 2. The maximum atomic E-state index is 8.84. The van der Waals surface area contributed by atoms with Gasteiger partial charge in [0.15, 0.2) is 0 Å². The van der Waals surface area contributed by atoms with E-state index in [1.807, 2.05) is 30.3 Å². The first-order valence-electron chi connectivity index (χ1n) is 7.58. The lowest BCUT2D eigenvalue weighted by Gasteiger charge is -2.34. The Hall–Kier alpha value is -2.02. The van der Waals surface area contributed by atoms with Crippen LogP contribution in [-0.2, 0) is 6.54 Å². The highest BCUT2D eigenvalue weighted by atomic mass is 35.5. The molecular formula is C18H19ClN3+. The molecule has 0 unspecified atom stereocenters. The van der Waals surface area contributed by atoms with E-state index in [1.165, 1.54) is 5.56 Å². The van der Waals surface area contributed by atoms with Gasteiger partial charge in [0, 0.05) is 5.56 Å². The van der Waals surface area contributed by atoms with E-state index in [9.17, 15) is 0 Å². The fraction of sp³-hybridized carbons (Fsp3) is 0.278. The van der Waals surface area contributed by atoms with E-state index < -0.39 is 0 Å². The molecule has 3 nitrogen and oxygen atoms in total. The highest BCUT2D eigenvalue weighted by Gasteiger charge is 2.21. The molecule has 22 heavy (non-hydrogen) atoms. The van der Waals surface area contributed by atoms with Crippen molar-refractivity contribution in [1.82, 2.24) is 0 Å². The number of nitrogens with one attached hydrogen (secondary N) is 1. The van der Waals surface area contributed by atoms with Gasteiger partial charge in [-0.25, -0.2) is 0 Å². The van der Waals surface area contributed by atoms with Crippen LogP contribution >= 0.6 is 11.6 Å². The van der Waals surface area contributed by atoms with Crippen LogP contribution in [-0.4, -0.2) is 26.2 Å². The third-order valence-electron chi connectivity index (χ3n) is 4.20. The minimum Gasteiger partial charge on any atom is -0.359 e. The second kappa shape index (κ2) is 6.83. The van der Waals surface area contributed by atoms with Crippen LogP contribution in [0.25, 0.3) is 0 Å². The molecular weight excluding hydrogens is 294 g/mol. The van der Waals surface area contributed by atoms with Crippen molar-refractivity contribution in [2.75, 3.05) is 31.1 Å². The van der Waals surface area contributed by atoms with Crippen molar-refractivity contribution in [3.05, 3.63) is 64.7 Å². The van der Waals surface area contributed by atoms with Crippen molar-refractivity contribution >= 4 is 17.3 Å². The molecule has 0 aromatic heterocycles. The normalized spacial score (nSPS) is 15.5. The van der Waals surface area contributed by atoms with Gasteiger partial charge in [-0.15, -0.1) is 0 Å². The number of quaternary nitrogens is 1. The number of halogens is 1. The van der Waals surface area contributed by atoms with Gasteiger partial charge in [0.25, 0.3) is 0 Å². The molecule has 1 aliphatic heterocycles. The molecule has 2 aromatic rings. The van der Waals surface area contributed by atoms with Gasteiger partial charge in [0.05, 0.1) is 48.5 Å². The predicted octanol–water partition coefficient (Wildman–Crippen LogP) is 2.12. The first kappa shape index (κ1) is 14.9. The van der Waals surface area contributed by atoms with Crippen molar-refractivity contribution in [2.24, 2.45) is 0 Å². The second-order valence-corrected chi connectivity index (χ2v) is 6.08. The molecule has 3 rings (SSSR count). The van der Waals surface area contributed by atoms with Crippen LogP contribution in [0, 0.1) is 11.3 Å². The van der Waals surface area contributed by atoms with Crippen molar-refractivity contribution in [2.45, 2.75) is 6.54 Å². The summed E-state index contributed by atoms with van der Waals surface area (Å²) in [7, 11) is 0. The molecule has 1 aliphatic rings. The zero-order valence-corrected chi connectivity index (χ0v) is 13.2. The zero-order chi connectivity index (χ0) is 15.4. The first-order valence-corrected chi connectivity index (χ1v) is 7.96. The third kappa shape index (κ3) is 3.41. The van der Waals surface area contributed by atoms with Crippen molar-refractivity contribution < 1.29 is 4.90 Å². The second-order valence-electron chi connectivity index (χ2n) is 5.67. The van der Waals surface area contributed by atoms with E-state index in [-0.39, 0.29) is 0 Å². The van der Waals surface area contributed by atoms with Gasteiger partial charge in [0.2, 0.25) is 0 Å². The third-order valence-corrected chi connectivity index (χ3v) is 4.52. The van der Waals surface area contributed by atoms with Gasteiger partial charge in [0.1, 0.15) is 6.54 Å². The van der Waals surface area contributed by atoms with E-state index in [0.29, 0.717) is 0 Å². The van der Waals surface area contributed by atoms with E-state index in [0.717, 1.165) is 49.0 Å². The summed E-state index contributed by atoms with van der Waals surface area (Å²) in [5.74, 6) is 0. The summed E-state index contributed by atoms with van der Waals surface area (Å²) in [5, 5.41) is 9.67.